The highest BCUT2D eigenvalue weighted by atomic mass is 32.1. The Balaban J connectivity index is 1.78. The van der Waals surface area contributed by atoms with Gasteiger partial charge in [0, 0.05) is 11.9 Å². The number of aryl methyl sites for hydroxylation is 1. The lowest BCUT2D eigenvalue weighted by atomic mass is 10.1. The summed E-state index contributed by atoms with van der Waals surface area (Å²) >= 11 is 5.26. The van der Waals surface area contributed by atoms with Crippen molar-refractivity contribution in [3.63, 3.8) is 0 Å². The Bertz CT molecular complexity index is 519. The average Bonchev–Trinajstić information content (AvgIpc) is 2.98. The predicted molar refractivity (Wildman–Crippen MR) is 86.7 cm³/mol. The van der Waals surface area contributed by atoms with Gasteiger partial charge in [-0.15, -0.1) is 0 Å². The SMILES string of the molecule is CCCCc1ccc(NC(=S)NCc2ccn[nH]2)cc1. The lowest BCUT2D eigenvalue weighted by Gasteiger charge is -2.10. The Morgan fingerprint density at radius 3 is 2.70 bits per heavy atom. The van der Waals surface area contributed by atoms with Crippen LogP contribution in [0, 0.1) is 0 Å². The molecule has 1 heterocycles. The Hall–Kier alpha value is -1.88. The van der Waals surface area contributed by atoms with Gasteiger partial charge in [-0.2, -0.15) is 5.10 Å². The van der Waals surface area contributed by atoms with Crippen LogP contribution in [-0.4, -0.2) is 15.3 Å². The zero-order valence-corrected chi connectivity index (χ0v) is 12.5. The van der Waals surface area contributed by atoms with E-state index in [1.54, 1.807) is 6.20 Å². The summed E-state index contributed by atoms with van der Waals surface area (Å²) < 4.78 is 0. The van der Waals surface area contributed by atoms with Crippen LogP contribution in [0.3, 0.4) is 0 Å². The summed E-state index contributed by atoms with van der Waals surface area (Å²) in [6.07, 6.45) is 5.32. The normalized spacial score (nSPS) is 10.2. The highest BCUT2D eigenvalue weighted by Gasteiger charge is 1.99. The van der Waals surface area contributed by atoms with E-state index in [1.807, 2.05) is 6.07 Å². The molecule has 3 N–H and O–H groups in total. The number of thiocarbonyl (C=S) groups is 1. The molecule has 4 nitrogen and oxygen atoms in total. The minimum atomic E-state index is 0.612. The van der Waals surface area contributed by atoms with Gasteiger partial charge in [-0.05, 0) is 48.8 Å². The molecule has 0 radical (unpaired) electrons. The second kappa shape index (κ2) is 7.65. The fourth-order valence-corrected chi connectivity index (χ4v) is 2.06. The maximum Gasteiger partial charge on any atom is 0.171 e. The summed E-state index contributed by atoms with van der Waals surface area (Å²) in [5.74, 6) is 0. The van der Waals surface area contributed by atoms with Crippen molar-refractivity contribution in [2.45, 2.75) is 32.7 Å². The van der Waals surface area contributed by atoms with Gasteiger partial charge in [0.05, 0.1) is 12.2 Å². The molecule has 1 aromatic carbocycles. The largest absolute Gasteiger partial charge is 0.357 e. The number of hydrogen-bond donors (Lipinski definition) is 3. The fourth-order valence-electron chi connectivity index (χ4n) is 1.87. The van der Waals surface area contributed by atoms with Gasteiger partial charge in [0.15, 0.2) is 5.11 Å². The van der Waals surface area contributed by atoms with Crippen molar-refractivity contribution in [1.29, 1.82) is 0 Å². The molecule has 106 valence electrons. The number of H-pyrrole nitrogens is 1. The van der Waals surface area contributed by atoms with Crippen LogP contribution < -0.4 is 10.6 Å². The van der Waals surface area contributed by atoms with Crippen molar-refractivity contribution in [1.82, 2.24) is 15.5 Å². The average molecular weight is 288 g/mol. The molecular formula is C15H20N4S. The molecule has 2 aromatic rings. The lowest BCUT2D eigenvalue weighted by molar-refractivity contribution is 0.795. The maximum atomic E-state index is 5.26. The van der Waals surface area contributed by atoms with Crippen molar-refractivity contribution >= 4 is 23.0 Å². The fraction of sp³-hybridized carbons (Fsp3) is 0.333. The first-order valence-electron chi connectivity index (χ1n) is 6.90. The summed E-state index contributed by atoms with van der Waals surface area (Å²) in [5.41, 5.74) is 3.38. The highest BCUT2D eigenvalue weighted by Crippen LogP contribution is 2.11. The molecule has 0 aliphatic carbocycles. The molecule has 0 aliphatic heterocycles. The third-order valence-corrected chi connectivity index (χ3v) is 3.28. The molecule has 1 aromatic heterocycles. The van der Waals surface area contributed by atoms with Crippen LogP contribution >= 0.6 is 12.2 Å². The van der Waals surface area contributed by atoms with Gasteiger partial charge in [-0.1, -0.05) is 25.5 Å². The van der Waals surface area contributed by atoms with Crippen LogP contribution in [0.1, 0.15) is 31.0 Å². The minimum Gasteiger partial charge on any atom is -0.357 e. The van der Waals surface area contributed by atoms with Crippen molar-refractivity contribution in [2.24, 2.45) is 0 Å². The van der Waals surface area contributed by atoms with Gasteiger partial charge in [0.25, 0.3) is 0 Å². The first-order chi connectivity index (χ1) is 9.78. The number of unbranched alkanes of at least 4 members (excludes halogenated alkanes) is 1. The molecule has 0 atom stereocenters. The number of anilines is 1. The monoisotopic (exact) mass is 288 g/mol. The summed E-state index contributed by atoms with van der Waals surface area (Å²) in [6, 6.07) is 10.3. The zero-order valence-electron chi connectivity index (χ0n) is 11.6. The van der Waals surface area contributed by atoms with E-state index < -0.39 is 0 Å². The molecule has 0 amide bonds. The Morgan fingerprint density at radius 1 is 1.25 bits per heavy atom. The van der Waals surface area contributed by atoms with Crippen LogP contribution in [0.15, 0.2) is 36.5 Å². The Kier molecular flexibility index (Phi) is 5.55. The molecule has 2 rings (SSSR count). The number of benzene rings is 1. The van der Waals surface area contributed by atoms with E-state index in [0.717, 1.165) is 17.8 Å². The topological polar surface area (TPSA) is 52.7 Å². The van der Waals surface area contributed by atoms with Crippen molar-refractivity contribution in [3.05, 3.63) is 47.8 Å². The van der Waals surface area contributed by atoms with E-state index in [4.69, 9.17) is 12.2 Å². The second-order valence-electron chi connectivity index (χ2n) is 4.69. The molecule has 0 bridgehead atoms. The zero-order chi connectivity index (χ0) is 14.2. The van der Waals surface area contributed by atoms with Crippen LogP contribution in [-0.2, 0) is 13.0 Å². The summed E-state index contributed by atoms with van der Waals surface area (Å²) in [4.78, 5) is 0. The van der Waals surface area contributed by atoms with Gasteiger partial charge in [0.2, 0.25) is 0 Å². The van der Waals surface area contributed by atoms with E-state index >= 15 is 0 Å². The van der Waals surface area contributed by atoms with Gasteiger partial charge >= 0.3 is 0 Å². The number of nitrogens with zero attached hydrogens (tertiary/aromatic N) is 1. The van der Waals surface area contributed by atoms with E-state index in [0.29, 0.717) is 11.7 Å². The van der Waals surface area contributed by atoms with Gasteiger partial charge < -0.3 is 10.6 Å². The van der Waals surface area contributed by atoms with Gasteiger partial charge in [-0.3, -0.25) is 5.10 Å². The second-order valence-corrected chi connectivity index (χ2v) is 5.10. The Morgan fingerprint density at radius 2 is 2.05 bits per heavy atom. The van der Waals surface area contributed by atoms with E-state index in [-0.39, 0.29) is 0 Å². The molecular weight excluding hydrogens is 268 g/mol. The van der Waals surface area contributed by atoms with E-state index in [9.17, 15) is 0 Å². The minimum absolute atomic E-state index is 0.612. The maximum absolute atomic E-state index is 5.26. The molecule has 5 heteroatoms. The first-order valence-corrected chi connectivity index (χ1v) is 7.31. The number of rotatable bonds is 6. The smallest absolute Gasteiger partial charge is 0.171 e. The molecule has 20 heavy (non-hydrogen) atoms. The third kappa shape index (κ3) is 4.66. The molecule has 0 saturated carbocycles. The van der Waals surface area contributed by atoms with Crippen LogP contribution in [0.5, 0.6) is 0 Å². The van der Waals surface area contributed by atoms with Crippen molar-refractivity contribution in [2.75, 3.05) is 5.32 Å². The van der Waals surface area contributed by atoms with E-state index in [2.05, 4.69) is 52.0 Å². The van der Waals surface area contributed by atoms with Crippen molar-refractivity contribution in [3.8, 4) is 0 Å². The van der Waals surface area contributed by atoms with Crippen LogP contribution in [0.25, 0.3) is 0 Å². The summed E-state index contributed by atoms with van der Waals surface area (Å²) in [6.45, 7) is 2.85. The number of hydrogen-bond acceptors (Lipinski definition) is 2. The number of aromatic amines is 1. The molecule has 0 unspecified atom stereocenters. The molecule has 0 spiro atoms. The predicted octanol–water partition coefficient (Wildman–Crippen LogP) is 3.24. The quantitative estimate of drug-likeness (QED) is 0.714. The lowest BCUT2D eigenvalue weighted by Crippen LogP contribution is -2.28. The highest BCUT2D eigenvalue weighted by molar-refractivity contribution is 7.80. The molecule has 0 fully saturated rings. The number of aromatic nitrogens is 2. The third-order valence-electron chi connectivity index (χ3n) is 3.03. The van der Waals surface area contributed by atoms with Crippen LogP contribution in [0.2, 0.25) is 0 Å². The van der Waals surface area contributed by atoms with Crippen LogP contribution in [0.4, 0.5) is 5.69 Å². The van der Waals surface area contributed by atoms with Gasteiger partial charge in [-0.25, -0.2) is 0 Å². The summed E-state index contributed by atoms with van der Waals surface area (Å²) in [7, 11) is 0. The summed E-state index contributed by atoms with van der Waals surface area (Å²) in [5, 5.41) is 13.7. The number of nitrogens with one attached hydrogen (secondary N) is 3. The van der Waals surface area contributed by atoms with E-state index in [1.165, 1.54) is 18.4 Å². The molecule has 0 saturated heterocycles. The first kappa shape index (κ1) is 14.5. The molecule has 0 aliphatic rings. The van der Waals surface area contributed by atoms with Gasteiger partial charge in [0.1, 0.15) is 0 Å². The Labute approximate surface area is 125 Å². The van der Waals surface area contributed by atoms with Crippen molar-refractivity contribution < 1.29 is 0 Å². The standard InChI is InChI=1S/C15H20N4S/c1-2-3-4-12-5-7-13(8-6-12)18-15(20)16-11-14-9-10-17-19-14/h5-10H,2-4,11H2,1H3,(H,17,19)(H2,16,18,20).